The van der Waals surface area contributed by atoms with E-state index in [0.717, 1.165) is 39.0 Å². The van der Waals surface area contributed by atoms with Crippen molar-refractivity contribution in [2.75, 3.05) is 33.2 Å². The van der Waals surface area contributed by atoms with Gasteiger partial charge in [-0.2, -0.15) is 0 Å². The topological polar surface area (TPSA) is 24.5 Å². The summed E-state index contributed by atoms with van der Waals surface area (Å²) < 4.78 is 6.34. The Bertz CT molecular complexity index is 347. The summed E-state index contributed by atoms with van der Waals surface area (Å²) in [7, 11) is 2.18. The molecule has 2 rings (SSSR count). The lowest BCUT2D eigenvalue weighted by molar-refractivity contribution is -0.0401. The van der Waals surface area contributed by atoms with E-state index in [-0.39, 0.29) is 6.10 Å². The number of hydrogen-bond acceptors (Lipinski definition) is 3. The minimum absolute atomic E-state index is 0.176. The second kappa shape index (κ2) is 7.63. The molecule has 1 unspecified atom stereocenters. The van der Waals surface area contributed by atoms with Gasteiger partial charge in [0.25, 0.3) is 0 Å². The molecular weight excluding hydrogens is 236 g/mol. The van der Waals surface area contributed by atoms with Gasteiger partial charge in [-0.05, 0) is 32.0 Å². The number of benzene rings is 1. The summed E-state index contributed by atoms with van der Waals surface area (Å²) in [6, 6.07) is 10.6. The Hall–Kier alpha value is -0.900. The highest BCUT2D eigenvalue weighted by Gasteiger charge is 2.21. The summed E-state index contributed by atoms with van der Waals surface area (Å²) in [5.74, 6) is 0. The number of likely N-dealkylation sites (N-methyl/N-ethyl adjacent to an activating group) is 1. The van der Waals surface area contributed by atoms with Gasteiger partial charge in [0.1, 0.15) is 0 Å². The van der Waals surface area contributed by atoms with Crippen LogP contribution in [-0.4, -0.2) is 44.2 Å². The number of nitrogens with zero attached hydrogens (tertiary/aromatic N) is 1. The third kappa shape index (κ3) is 4.60. The zero-order valence-corrected chi connectivity index (χ0v) is 12.1. The normalized spacial score (nSPS) is 19.5. The second-order valence-electron chi connectivity index (χ2n) is 5.35. The number of nitrogens with one attached hydrogen (secondary N) is 1. The molecule has 1 aromatic rings. The highest BCUT2D eigenvalue weighted by atomic mass is 16.5. The van der Waals surface area contributed by atoms with Crippen molar-refractivity contribution >= 4 is 0 Å². The molecule has 0 bridgehead atoms. The number of rotatable bonds is 6. The van der Waals surface area contributed by atoms with Crippen LogP contribution in [0.3, 0.4) is 0 Å². The minimum Gasteiger partial charge on any atom is -0.369 e. The van der Waals surface area contributed by atoms with Crippen molar-refractivity contribution in [1.29, 1.82) is 0 Å². The van der Waals surface area contributed by atoms with Gasteiger partial charge in [0.2, 0.25) is 0 Å². The monoisotopic (exact) mass is 262 g/mol. The van der Waals surface area contributed by atoms with Crippen molar-refractivity contribution in [2.24, 2.45) is 0 Å². The number of piperidine rings is 1. The summed E-state index contributed by atoms with van der Waals surface area (Å²) in [5.41, 5.74) is 1.28. The third-order valence-corrected chi connectivity index (χ3v) is 3.77. The first-order valence-electron chi connectivity index (χ1n) is 7.39. The van der Waals surface area contributed by atoms with Gasteiger partial charge in [0.05, 0.1) is 12.2 Å². The Morgan fingerprint density at radius 2 is 1.95 bits per heavy atom. The minimum atomic E-state index is 0.176. The van der Waals surface area contributed by atoms with Crippen LogP contribution in [0.1, 0.15) is 31.4 Å². The lowest BCUT2D eigenvalue weighted by atomic mass is 10.1. The molecule has 0 spiro atoms. The van der Waals surface area contributed by atoms with Crippen LogP contribution in [0.25, 0.3) is 0 Å². The SMILES string of the molecule is CCNCC(OC1CCN(C)CC1)c1ccccc1. The average molecular weight is 262 g/mol. The first kappa shape index (κ1) is 14.5. The van der Waals surface area contributed by atoms with Crippen molar-refractivity contribution in [3.63, 3.8) is 0 Å². The molecule has 1 saturated heterocycles. The molecule has 0 saturated carbocycles. The summed E-state index contributed by atoms with van der Waals surface area (Å²) >= 11 is 0. The van der Waals surface area contributed by atoms with Gasteiger partial charge in [-0.15, -0.1) is 0 Å². The molecule has 1 N–H and O–H groups in total. The summed E-state index contributed by atoms with van der Waals surface area (Å²) in [5, 5.41) is 3.41. The molecule has 3 nitrogen and oxygen atoms in total. The van der Waals surface area contributed by atoms with E-state index < -0.39 is 0 Å². The molecule has 1 aliphatic heterocycles. The van der Waals surface area contributed by atoms with E-state index in [1.54, 1.807) is 0 Å². The molecule has 0 aromatic heterocycles. The van der Waals surface area contributed by atoms with Crippen LogP contribution in [-0.2, 0) is 4.74 Å². The van der Waals surface area contributed by atoms with Gasteiger partial charge in [0, 0.05) is 19.6 Å². The van der Waals surface area contributed by atoms with Crippen LogP contribution in [0.5, 0.6) is 0 Å². The smallest absolute Gasteiger partial charge is 0.0952 e. The van der Waals surface area contributed by atoms with E-state index in [9.17, 15) is 0 Å². The molecule has 1 heterocycles. The molecule has 3 heteroatoms. The third-order valence-electron chi connectivity index (χ3n) is 3.77. The maximum Gasteiger partial charge on any atom is 0.0952 e. The largest absolute Gasteiger partial charge is 0.369 e. The Morgan fingerprint density at radius 1 is 1.26 bits per heavy atom. The summed E-state index contributed by atoms with van der Waals surface area (Å²) in [6.45, 7) is 6.31. The van der Waals surface area contributed by atoms with Crippen LogP contribution in [0.15, 0.2) is 30.3 Å². The van der Waals surface area contributed by atoms with Crippen LogP contribution < -0.4 is 5.32 Å². The Morgan fingerprint density at radius 3 is 2.58 bits per heavy atom. The van der Waals surface area contributed by atoms with Gasteiger partial charge in [-0.25, -0.2) is 0 Å². The predicted molar refractivity (Wildman–Crippen MR) is 79.3 cm³/mol. The molecule has 0 aliphatic carbocycles. The zero-order chi connectivity index (χ0) is 13.5. The first-order valence-corrected chi connectivity index (χ1v) is 7.39. The number of likely N-dealkylation sites (tertiary alicyclic amines) is 1. The van der Waals surface area contributed by atoms with Crippen molar-refractivity contribution < 1.29 is 4.74 Å². The maximum absolute atomic E-state index is 6.34. The standard InChI is InChI=1S/C16H26N2O/c1-3-17-13-16(14-7-5-4-6-8-14)19-15-9-11-18(2)12-10-15/h4-8,15-17H,3,9-13H2,1-2H3. The van der Waals surface area contributed by atoms with Crippen LogP contribution in [0.2, 0.25) is 0 Å². The first-order chi connectivity index (χ1) is 9.29. The fourth-order valence-corrected chi connectivity index (χ4v) is 2.54. The summed E-state index contributed by atoms with van der Waals surface area (Å²) in [6.07, 6.45) is 2.87. The quantitative estimate of drug-likeness (QED) is 0.852. The molecular formula is C16H26N2O. The average Bonchev–Trinajstić information content (AvgIpc) is 2.46. The highest BCUT2D eigenvalue weighted by molar-refractivity contribution is 5.18. The second-order valence-corrected chi connectivity index (χ2v) is 5.35. The van der Waals surface area contributed by atoms with Crippen LogP contribution in [0, 0.1) is 0 Å². The van der Waals surface area contributed by atoms with Gasteiger partial charge in [-0.1, -0.05) is 37.3 Å². The van der Waals surface area contributed by atoms with Crippen LogP contribution >= 0.6 is 0 Å². The lowest BCUT2D eigenvalue weighted by Crippen LogP contribution is -2.36. The molecule has 1 atom stereocenters. The van der Waals surface area contributed by atoms with E-state index in [2.05, 4.69) is 54.5 Å². The van der Waals surface area contributed by atoms with Gasteiger partial charge < -0.3 is 15.0 Å². The summed E-state index contributed by atoms with van der Waals surface area (Å²) in [4.78, 5) is 2.38. The van der Waals surface area contributed by atoms with Gasteiger partial charge in [0.15, 0.2) is 0 Å². The Balaban J connectivity index is 1.94. The van der Waals surface area contributed by atoms with E-state index in [0.29, 0.717) is 6.10 Å². The van der Waals surface area contributed by atoms with Crippen molar-refractivity contribution in [1.82, 2.24) is 10.2 Å². The fraction of sp³-hybridized carbons (Fsp3) is 0.625. The zero-order valence-electron chi connectivity index (χ0n) is 12.1. The molecule has 0 radical (unpaired) electrons. The molecule has 0 amide bonds. The fourth-order valence-electron chi connectivity index (χ4n) is 2.54. The molecule has 19 heavy (non-hydrogen) atoms. The van der Waals surface area contributed by atoms with Crippen molar-refractivity contribution in [2.45, 2.75) is 32.0 Å². The number of ether oxygens (including phenoxy) is 1. The molecule has 106 valence electrons. The van der Waals surface area contributed by atoms with Crippen LogP contribution in [0.4, 0.5) is 0 Å². The molecule has 1 aromatic carbocycles. The molecule has 1 aliphatic rings. The van der Waals surface area contributed by atoms with E-state index in [1.165, 1.54) is 5.56 Å². The van der Waals surface area contributed by atoms with Gasteiger partial charge in [-0.3, -0.25) is 0 Å². The van der Waals surface area contributed by atoms with Crippen molar-refractivity contribution in [3.05, 3.63) is 35.9 Å². The lowest BCUT2D eigenvalue weighted by Gasteiger charge is -2.32. The Labute approximate surface area is 116 Å². The Kier molecular flexibility index (Phi) is 5.83. The van der Waals surface area contributed by atoms with Gasteiger partial charge >= 0.3 is 0 Å². The predicted octanol–water partition coefficient (Wildman–Crippen LogP) is 2.45. The van der Waals surface area contributed by atoms with E-state index in [4.69, 9.17) is 4.74 Å². The maximum atomic E-state index is 6.34. The number of hydrogen-bond donors (Lipinski definition) is 1. The highest BCUT2D eigenvalue weighted by Crippen LogP contribution is 2.23. The van der Waals surface area contributed by atoms with E-state index in [1.807, 2.05) is 0 Å². The van der Waals surface area contributed by atoms with Crippen molar-refractivity contribution in [3.8, 4) is 0 Å². The molecule has 1 fully saturated rings. The van der Waals surface area contributed by atoms with E-state index >= 15 is 0 Å².